The fourth-order valence-electron chi connectivity index (χ4n) is 0. The van der Waals surface area contributed by atoms with Crippen molar-refractivity contribution >= 4 is 0 Å². The SMILES string of the molecule is O=[N+]([O-])[O-].[NH4+].[Ru]. The molecule has 0 aromatic heterocycles. The number of nitrogens with zero attached hydrogens (tertiary/aromatic N) is 1. The van der Waals surface area contributed by atoms with Crippen LogP contribution in [0.1, 0.15) is 0 Å². The minimum atomic E-state index is -1.75. The average molecular weight is 181 g/mol. The van der Waals surface area contributed by atoms with Gasteiger partial charge in [-0.25, -0.2) is 0 Å². The van der Waals surface area contributed by atoms with E-state index in [-0.39, 0.29) is 25.6 Å². The minimum Gasteiger partial charge on any atom is -0.369 e. The molecule has 0 saturated heterocycles. The number of hydrogen-bond acceptors (Lipinski definition) is 3. The van der Waals surface area contributed by atoms with Crippen LogP contribution in [0.3, 0.4) is 0 Å². The summed E-state index contributed by atoms with van der Waals surface area (Å²) < 4.78 is 0. The van der Waals surface area contributed by atoms with E-state index in [1.54, 1.807) is 0 Å². The molecule has 0 spiro atoms. The first kappa shape index (κ1) is 17.1. The molecule has 5 nitrogen and oxygen atoms in total. The summed E-state index contributed by atoms with van der Waals surface area (Å²) in [7, 11) is 0. The standard InChI is InChI=1S/NO3.H3N.Ru/c2-1(3)4;;/h;1H3;/q-1;;/p+1. The van der Waals surface area contributed by atoms with Gasteiger partial charge < -0.3 is 21.5 Å². The molecule has 0 radical (unpaired) electrons. The van der Waals surface area contributed by atoms with Crippen molar-refractivity contribution in [2.45, 2.75) is 0 Å². The fourth-order valence-corrected chi connectivity index (χ4v) is 0. The van der Waals surface area contributed by atoms with Crippen molar-refractivity contribution in [3.05, 3.63) is 15.3 Å². The summed E-state index contributed by atoms with van der Waals surface area (Å²) in [6.07, 6.45) is 0. The molecule has 0 aliphatic rings. The zero-order chi connectivity index (χ0) is 3.58. The molecule has 0 rings (SSSR count). The van der Waals surface area contributed by atoms with Crippen LogP contribution in [-0.2, 0) is 19.5 Å². The van der Waals surface area contributed by atoms with Crippen molar-refractivity contribution in [3.8, 4) is 0 Å². The fraction of sp³-hybridized carbons (Fsp3) is 0. The third-order valence-electron chi connectivity index (χ3n) is 0. The van der Waals surface area contributed by atoms with E-state index in [0.717, 1.165) is 0 Å². The molecule has 4 N–H and O–H groups in total. The third-order valence-corrected chi connectivity index (χ3v) is 0. The molecular formula is H4N2O3Ru. The van der Waals surface area contributed by atoms with E-state index in [4.69, 9.17) is 15.3 Å². The molecule has 0 unspecified atom stereocenters. The van der Waals surface area contributed by atoms with Gasteiger partial charge in [0.2, 0.25) is 0 Å². The van der Waals surface area contributed by atoms with Gasteiger partial charge in [0.1, 0.15) is 0 Å². The first-order valence-electron chi connectivity index (χ1n) is 0.548. The van der Waals surface area contributed by atoms with E-state index in [1.165, 1.54) is 0 Å². The first-order chi connectivity index (χ1) is 1.73. The summed E-state index contributed by atoms with van der Waals surface area (Å²) in [4.78, 5) is 8.25. The van der Waals surface area contributed by atoms with Gasteiger partial charge in [0.25, 0.3) is 0 Å². The maximum Gasteiger partial charge on any atom is 0.0689 e. The Morgan fingerprint density at radius 3 is 1.33 bits per heavy atom. The van der Waals surface area contributed by atoms with Crippen molar-refractivity contribution in [1.29, 1.82) is 0 Å². The van der Waals surface area contributed by atoms with Gasteiger partial charge in [0.05, 0.1) is 5.09 Å². The van der Waals surface area contributed by atoms with Gasteiger partial charge in [-0.1, -0.05) is 0 Å². The first-order valence-corrected chi connectivity index (χ1v) is 0.548. The van der Waals surface area contributed by atoms with Crippen LogP contribution in [0.2, 0.25) is 0 Å². The Labute approximate surface area is 46.8 Å². The normalized spacial score (nSPS) is 4.00. The Morgan fingerprint density at radius 1 is 1.33 bits per heavy atom. The molecule has 6 heteroatoms. The molecule has 0 bridgehead atoms. The van der Waals surface area contributed by atoms with Crippen LogP contribution in [0.4, 0.5) is 0 Å². The maximum atomic E-state index is 8.25. The largest absolute Gasteiger partial charge is 0.369 e. The Bertz CT molecular complexity index is 31.8. The van der Waals surface area contributed by atoms with Crippen LogP contribution in [0.5, 0.6) is 0 Å². The molecule has 40 valence electrons. The Morgan fingerprint density at radius 2 is 1.33 bits per heavy atom. The summed E-state index contributed by atoms with van der Waals surface area (Å²) in [6.45, 7) is 0. The van der Waals surface area contributed by atoms with E-state index in [2.05, 4.69) is 0 Å². The van der Waals surface area contributed by atoms with Crippen LogP contribution in [0, 0.1) is 15.3 Å². The molecule has 0 fully saturated rings. The summed E-state index contributed by atoms with van der Waals surface area (Å²) >= 11 is 0. The minimum absolute atomic E-state index is 0. The zero-order valence-electron chi connectivity index (χ0n) is 3.03. The van der Waals surface area contributed by atoms with Gasteiger partial charge in [-0.05, 0) is 0 Å². The van der Waals surface area contributed by atoms with Crippen molar-refractivity contribution < 1.29 is 24.6 Å². The number of hydrogen-bond donors (Lipinski definition) is 1. The summed E-state index contributed by atoms with van der Waals surface area (Å²) in [5.74, 6) is 0. The second-order valence-electron chi connectivity index (χ2n) is 0.224. The van der Waals surface area contributed by atoms with E-state index >= 15 is 0 Å². The number of rotatable bonds is 0. The quantitative estimate of drug-likeness (QED) is 0.326. The molecular weight excluding hydrogens is 177 g/mol. The predicted molar refractivity (Wildman–Crippen MR) is 16.3 cm³/mol. The van der Waals surface area contributed by atoms with Crippen LogP contribution < -0.4 is 6.15 Å². The third kappa shape index (κ3) is 625. The molecule has 0 amide bonds. The van der Waals surface area contributed by atoms with Gasteiger partial charge in [-0.2, -0.15) is 0 Å². The Kier molecular flexibility index (Phi) is 25.2. The molecule has 6 heavy (non-hydrogen) atoms. The van der Waals surface area contributed by atoms with Gasteiger partial charge in [-0.15, -0.1) is 0 Å². The zero-order valence-corrected chi connectivity index (χ0v) is 4.76. The average Bonchev–Trinajstić information content (AvgIpc) is 0.811. The van der Waals surface area contributed by atoms with Gasteiger partial charge in [0.15, 0.2) is 0 Å². The molecule has 0 aromatic carbocycles. The molecule has 0 aliphatic heterocycles. The summed E-state index contributed by atoms with van der Waals surface area (Å²) in [5, 5.41) is 14.8. The van der Waals surface area contributed by atoms with E-state index in [1.807, 2.05) is 0 Å². The van der Waals surface area contributed by atoms with Crippen molar-refractivity contribution in [2.75, 3.05) is 0 Å². The van der Waals surface area contributed by atoms with E-state index < -0.39 is 5.09 Å². The molecule has 0 atom stereocenters. The maximum absolute atomic E-state index is 8.25. The van der Waals surface area contributed by atoms with Crippen molar-refractivity contribution in [1.82, 2.24) is 6.15 Å². The van der Waals surface area contributed by atoms with Crippen LogP contribution in [-0.4, -0.2) is 5.09 Å². The molecule has 0 heterocycles. The Hall–Kier alpha value is -0.217. The van der Waals surface area contributed by atoms with Crippen LogP contribution in [0.25, 0.3) is 0 Å². The van der Waals surface area contributed by atoms with Gasteiger partial charge in [0, 0.05) is 19.5 Å². The second-order valence-corrected chi connectivity index (χ2v) is 0.224. The van der Waals surface area contributed by atoms with E-state index in [9.17, 15) is 0 Å². The molecule has 0 aliphatic carbocycles. The topological polar surface area (TPSA) is 103 Å². The van der Waals surface area contributed by atoms with Crippen molar-refractivity contribution in [2.24, 2.45) is 0 Å². The number of quaternary nitrogens is 1. The molecule has 0 saturated carbocycles. The summed E-state index contributed by atoms with van der Waals surface area (Å²) in [5.41, 5.74) is 0. The van der Waals surface area contributed by atoms with Gasteiger partial charge in [-0.3, -0.25) is 0 Å². The monoisotopic (exact) mass is 182 g/mol. The smallest absolute Gasteiger partial charge is 0.0689 e. The Balaban J connectivity index is -0.0000000450. The predicted octanol–water partition coefficient (Wildman–Crippen LogP) is 0.135. The van der Waals surface area contributed by atoms with Gasteiger partial charge >= 0.3 is 0 Å². The second kappa shape index (κ2) is 8.84. The van der Waals surface area contributed by atoms with E-state index in [0.29, 0.717) is 0 Å². The van der Waals surface area contributed by atoms with Crippen molar-refractivity contribution in [3.63, 3.8) is 0 Å². The van der Waals surface area contributed by atoms with Crippen LogP contribution in [0.15, 0.2) is 0 Å². The summed E-state index contributed by atoms with van der Waals surface area (Å²) in [6, 6.07) is 0. The van der Waals surface area contributed by atoms with Crippen LogP contribution >= 0.6 is 0 Å². The molecule has 0 aromatic rings.